The zero-order valence-corrected chi connectivity index (χ0v) is 5.16. The van der Waals surface area contributed by atoms with Crippen molar-refractivity contribution in [1.29, 1.82) is 0 Å². The third-order valence-corrected chi connectivity index (χ3v) is 0.732. The summed E-state index contributed by atoms with van der Waals surface area (Å²) in [6, 6.07) is 0. The number of carbonyl (C=O) groups excluding carboxylic acids is 1. The van der Waals surface area contributed by atoms with Crippen LogP contribution in [0.1, 0.15) is 0 Å². The zero-order valence-electron chi connectivity index (χ0n) is 5.16. The van der Waals surface area contributed by atoms with Gasteiger partial charge in [0.1, 0.15) is 0 Å². The topological polar surface area (TPSA) is 81.5 Å². The largest absolute Gasteiger partial charge is 0.404 e. The molecule has 0 saturated carbocycles. The first-order chi connectivity index (χ1) is 4.22. The van der Waals surface area contributed by atoms with Crippen molar-refractivity contribution in [2.24, 2.45) is 16.5 Å². The van der Waals surface area contributed by atoms with Gasteiger partial charge < -0.3 is 11.5 Å². The highest BCUT2D eigenvalue weighted by molar-refractivity contribution is 6.11. The Balaban J connectivity index is 4.19. The van der Waals surface area contributed by atoms with Gasteiger partial charge in [-0.15, -0.1) is 0 Å². The van der Waals surface area contributed by atoms with Crippen molar-refractivity contribution in [3.8, 4) is 0 Å². The van der Waals surface area contributed by atoms with Crippen molar-refractivity contribution in [1.82, 2.24) is 0 Å². The summed E-state index contributed by atoms with van der Waals surface area (Å²) in [7, 11) is 1.53. The van der Waals surface area contributed by atoms with Crippen LogP contribution < -0.4 is 11.5 Å². The Hall–Kier alpha value is -1.32. The van der Waals surface area contributed by atoms with E-state index in [4.69, 9.17) is 11.5 Å². The van der Waals surface area contributed by atoms with Gasteiger partial charge in [-0.2, -0.15) is 0 Å². The van der Waals surface area contributed by atoms with Crippen LogP contribution >= 0.6 is 0 Å². The summed E-state index contributed by atoms with van der Waals surface area (Å²) in [6.45, 7) is 0. The van der Waals surface area contributed by atoms with Gasteiger partial charge in [0.25, 0.3) is 5.91 Å². The molecule has 9 heavy (non-hydrogen) atoms. The van der Waals surface area contributed by atoms with Gasteiger partial charge in [0.15, 0.2) is 0 Å². The molecular weight excluding hydrogens is 118 g/mol. The van der Waals surface area contributed by atoms with Crippen LogP contribution in [0, 0.1) is 0 Å². The van der Waals surface area contributed by atoms with E-state index in [1.54, 1.807) is 0 Å². The third kappa shape index (κ3) is 2.48. The number of hydrogen-bond donors (Lipinski definition) is 2. The molecule has 0 unspecified atom stereocenters. The predicted molar refractivity (Wildman–Crippen MR) is 35.9 cm³/mol. The lowest BCUT2D eigenvalue weighted by molar-refractivity contribution is -0.114. The Morgan fingerprint density at radius 2 is 2.22 bits per heavy atom. The van der Waals surface area contributed by atoms with Crippen molar-refractivity contribution < 1.29 is 4.79 Å². The van der Waals surface area contributed by atoms with E-state index in [9.17, 15) is 4.79 Å². The first-order valence-corrected chi connectivity index (χ1v) is 2.36. The Labute approximate surface area is 53.2 Å². The van der Waals surface area contributed by atoms with E-state index in [1.165, 1.54) is 13.3 Å². The smallest absolute Gasteiger partial charge is 0.251 e. The summed E-state index contributed by atoms with van der Waals surface area (Å²) in [5, 5.41) is 0. The zero-order chi connectivity index (χ0) is 7.28. The standard InChI is InChI=1S/C5H9N3O/c1-8-3-4(2-6)5(7)9/h2-3H,6H2,1H3,(H2,7,9). The fraction of sp³-hybridized carbons (Fsp3) is 0.200. The molecule has 50 valence electrons. The molecule has 0 aliphatic rings. The van der Waals surface area contributed by atoms with Gasteiger partial charge in [-0.25, -0.2) is 0 Å². The monoisotopic (exact) mass is 127 g/mol. The van der Waals surface area contributed by atoms with Crippen LogP contribution in [0.5, 0.6) is 0 Å². The lowest BCUT2D eigenvalue weighted by Crippen LogP contribution is -2.15. The van der Waals surface area contributed by atoms with E-state index in [1.807, 2.05) is 0 Å². The molecule has 0 saturated heterocycles. The molecule has 0 radical (unpaired) electrons. The molecule has 0 aromatic carbocycles. The van der Waals surface area contributed by atoms with Crippen LogP contribution in [0.25, 0.3) is 0 Å². The summed E-state index contributed by atoms with van der Waals surface area (Å²) in [5.41, 5.74) is 10.1. The van der Waals surface area contributed by atoms with Crippen LogP contribution in [0.3, 0.4) is 0 Å². The minimum Gasteiger partial charge on any atom is -0.404 e. The average molecular weight is 127 g/mol. The van der Waals surface area contributed by atoms with Crippen LogP contribution in [-0.4, -0.2) is 19.2 Å². The first-order valence-electron chi connectivity index (χ1n) is 2.36. The second-order valence-corrected chi connectivity index (χ2v) is 1.37. The van der Waals surface area contributed by atoms with Gasteiger partial charge in [0.2, 0.25) is 0 Å². The van der Waals surface area contributed by atoms with Crippen molar-refractivity contribution in [2.75, 3.05) is 7.05 Å². The van der Waals surface area contributed by atoms with E-state index in [0.717, 1.165) is 6.20 Å². The lowest BCUT2D eigenvalue weighted by atomic mass is 10.3. The maximum absolute atomic E-state index is 10.3. The molecule has 0 bridgehead atoms. The first kappa shape index (κ1) is 7.68. The van der Waals surface area contributed by atoms with Crippen LogP contribution in [-0.2, 0) is 4.79 Å². The Kier molecular flexibility index (Phi) is 3.12. The van der Waals surface area contributed by atoms with E-state index in [0.29, 0.717) is 0 Å². The summed E-state index contributed by atoms with van der Waals surface area (Å²) in [6.07, 6.45) is 2.43. The minimum atomic E-state index is -0.567. The normalized spacial score (nSPS) is 12.3. The fourth-order valence-corrected chi connectivity index (χ4v) is 0.328. The van der Waals surface area contributed by atoms with Gasteiger partial charge in [-0.05, 0) is 0 Å². The number of carbonyl (C=O) groups is 1. The molecule has 4 nitrogen and oxygen atoms in total. The summed E-state index contributed by atoms with van der Waals surface area (Å²) < 4.78 is 0. The SMILES string of the molecule is CN=CC(=CN)C(N)=O. The van der Waals surface area contributed by atoms with Crippen LogP contribution in [0.4, 0.5) is 0 Å². The van der Waals surface area contributed by atoms with Gasteiger partial charge in [0.05, 0.1) is 5.57 Å². The number of aliphatic imine (C=N–C) groups is 1. The Bertz CT molecular complexity index is 160. The third-order valence-electron chi connectivity index (χ3n) is 0.732. The quantitative estimate of drug-likeness (QED) is 0.369. The fourth-order valence-electron chi connectivity index (χ4n) is 0.328. The molecule has 0 aliphatic carbocycles. The molecule has 0 spiro atoms. The summed E-state index contributed by atoms with van der Waals surface area (Å²) >= 11 is 0. The number of nitrogens with two attached hydrogens (primary N) is 2. The maximum Gasteiger partial charge on any atom is 0.251 e. The van der Waals surface area contributed by atoms with Crippen molar-refractivity contribution in [2.45, 2.75) is 0 Å². The number of amides is 1. The second kappa shape index (κ2) is 3.65. The van der Waals surface area contributed by atoms with Gasteiger partial charge in [-0.3, -0.25) is 9.79 Å². The second-order valence-electron chi connectivity index (χ2n) is 1.37. The van der Waals surface area contributed by atoms with Crippen molar-refractivity contribution in [3.05, 3.63) is 11.8 Å². The van der Waals surface area contributed by atoms with Gasteiger partial charge in [0, 0.05) is 19.5 Å². The highest BCUT2D eigenvalue weighted by Crippen LogP contribution is 1.82. The Morgan fingerprint density at radius 3 is 2.33 bits per heavy atom. The highest BCUT2D eigenvalue weighted by Gasteiger charge is 1.96. The predicted octanol–water partition coefficient (Wildman–Crippen LogP) is -0.985. The average Bonchev–Trinajstić information content (AvgIpc) is 1.82. The summed E-state index contributed by atoms with van der Waals surface area (Å²) in [4.78, 5) is 13.9. The molecule has 0 aliphatic heterocycles. The van der Waals surface area contributed by atoms with Crippen molar-refractivity contribution >= 4 is 12.1 Å². The van der Waals surface area contributed by atoms with Gasteiger partial charge >= 0.3 is 0 Å². The van der Waals surface area contributed by atoms with E-state index < -0.39 is 5.91 Å². The van der Waals surface area contributed by atoms with Crippen molar-refractivity contribution in [3.63, 3.8) is 0 Å². The molecule has 0 heterocycles. The Morgan fingerprint density at radius 1 is 1.67 bits per heavy atom. The van der Waals surface area contributed by atoms with Gasteiger partial charge in [-0.1, -0.05) is 0 Å². The molecule has 0 fully saturated rings. The molecule has 4 N–H and O–H groups in total. The molecular formula is C5H9N3O. The number of rotatable bonds is 2. The maximum atomic E-state index is 10.3. The molecule has 1 amide bonds. The number of nitrogens with zero attached hydrogens (tertiary/aromatic N) is 1. The molecule has 0 aromatic heterocycles. The van der Waals surface area contributed by atoms with E-state index >= 15 is 0 Å². The van der Waals surface area contributed by atoms with E-state index in [-0.39, 0.29) is 5.57 Å². The van der Waals surface area contributed by atoms with Crippen LogP contribution in [0.15, 0.2) is 16.8 Å². The molecule has 0 atom stereocenters. The van der Waals surface area contributed by atoms with E-state index in [2.05, 4.69) is 4.99 Å². The highest BCUT2D eigenvalue weighted by atomic mass is 16.1. The summed E-state index contributed by atoms with van der Waals surface area (Å²) in [5.74, 6) is -0.567. The number of primary amides is 1. The van der Waals surface area contributed by atoms with Crippen LogP contribution in [0.2, 0.25) is 0 Å². The molecule has 4 heteroatoms. The molecule has 0 aromatic rings. The molecule has 0 rings (SSSR count). The lowest BCUT2D eigenvalue weighted by Gasteiger charge is -1.88. The minimum absolute atomic E-state index is 0.220. The number of hydrogen-bond acceptors (Lipinski definition) is 3.